The van der Waals surface area contributed by atoms with E-state index < -0.39 is 0 Å². The number of aromatic nitrogens is 1. The second-order valence-electron chi connectivity index (χ2n) is 5.84. The molecule has 0 fully saturated rings. The van der Waals surface area contributed by atoms with Crippen LogP contribution in [0.3, 0.4) is 0 Å². The first-order valence-corrected chi connectivity index (χ1v) is 8.85. The number of amides is 1. The van der Waals surface area contributed by atoms with Gasteiger partial charge in [0, 0.05) is 23.5 Å². The highest BCUT2D eigenvalue weighted by molar-refractivity contribution is 7.13. The minimum Gasteiger partial charge on any atom is -0.469 e. The second-order valence-corrected chi connectivity index (χ2v) is 6.70. The Hall–Kier alpha value is -2.28. The number of carbonyl (C=O) groups excluding carboxylic acids is 2. The quantitative estimate of drug-likeness (QED) is 0.708. The van der Waals surface area contributed by atoms with Gasteiger partial charge in [-0.2, -0.15) is 0 Å². The van der Waals surface area contributed by atoms with Crippen molar-refractivity contribution in [2.45, 2.75) is 32.7 Å². The maximum Gasteiger partial charge on any atom is 0.307 e. The molecule has 0 atom stereocenters. The summed E-state index contributed by atoms with van der Waals surface area (Å²) in [6.07, 6.45) is 0.303. The second kappa shape index (κ2) is 8.71. The summed E-state index contributed by atoms with van der Waals surface area (Å²) >= 11 is 1.37. The Balaban J connectivity index is 2.05. The molecule has 2 rings (SSSR count). The lowest BCUT2D eigenvalue weighted by Gasteiger charge is -2.26. The Bertz CT molecular complexity index is 745. The maximum absolute atomic E-state index is 13.3. The summed E-state index contributed by atoms with van der Waals surface area (Å²) in [6, 6.07) is 6.18. The smallest absolute Gasteiger partial charge is 0.307 e. The Morgan fingerprint density at radius 3 is 2.76 bits per heavy atom. The zero-order chi connectivity index (χ0) is 18.4. The van der Waals surface area contributed by atoms with Crippen LogP contribution in [0.1, 0.15) is 26.0 Å². The van der Waals surface area contributed by atoms with Gasteiger partial charge in [-0.05, 0) is 26.0 Å². The first kappa shape index (κ1) is 19.1. The fraction of sp³-hybridized carbons (Fsp3) is 0.389. The average molecular weight is 364 g/mol. The molecule has 0 aliphatic heterocycles. The van der Waals surface area contributed by atoms with Gasteiger partial charge in [0.25, 0.3) is 0 Å². The van der Waals surface area contributed by atoms with Crippen LogP contribution in [0.25, 0.3) is 10.6 Å². The zero-order valence-corrected chi connectivity index (χ0v) is 15.3. The number of ether oxygens (including phenoxy) is 1. The molecule has 25 heavy (non-hydrogen) atoms. The van der Waals surface area contributed by atoms with Crippen LogP contribution in [0.2, 0.25) is 0 Å². The molecule has 1 amide bonds. The van der Waals surface area contributed by atoms with Gasteiger partial charge in [0.05, 0.1) is 25.6 Å². The van der Waals surface area contributed by atoms with Crippen molar-refractivity contribution >= 4 is 23.2 Å². The minimum absolute atomic E-state index is 0.0292. The minimum atomic E-state index is -0.347. The number of esters is 1. The zero-order valence-electron chi connectivity index (χ0n) is 14.5. The normalized spacial score (nSPS) is 10.8. The topological polar surface area (TPSA) is 59.5 Å². The first-order chi connectivity index (χ1) is 11.9. The number of carbonyl (C=O) groups is 2. The third-order valence-corrected chi connectivity index (χ3v) is 4.62. The van der Waals surface area contributed by atoms with E-state index in [4.69, 9.17) is 0 Å². The summed E-state index contributed by atoms with van der Waals surface area (Å²) in [5, 5.41) is 2.48. The summed E-state index contributed by atoms with van der Waals surface area (Å²) in [6.45, 7) is 4.10. The predicted molar refractivity (Wildman–Crippen MR) is 94.7 cm³/mol. The van der Waals surface area contributed by atoms with Crippen LogP contribution in [-0.2, 0) is 20.7 Å². The molecule has 0 saturated heterocycles. The number of hydrogen-bond donors (Lipinski definition) is 0. The summed E-state index contributed by atoms with van der Waals surface area (Å²) in [5.74, 6) is -0.769. The third-order valence-electron chi connectivity index (χ3n) is 3.68. The monoisotopic (exact) mass is 364 g/mol. The SMILES string of the molecule is COC(=O)CCN(C(=O)Cc1csc(-c2cccc(F)c2)n1)C(C)C. The van der Waals surface area contributed by atoms with Crippen molar-refractivity contribution in [3.63, 3.8) is 0 Å². The van der Waals surface area contributed by atoms with E-state index in [1.165, 1.54) is 30.6 Å². The molecule has 1 heterocycles. The van der Waals surface area contributed by atoms with E-state index >= 15 is 0 Å². The molecule has 0 saturated carbocycles. The lowest BCUT2D eigenvalue weighted by atomic mass is 10.2. The van der Waals surface area contributed by atoms with Crippen LogP contribution < -0.4 is 0 Å². The van der Waals surface area contributed by atoms with Crippen molar-refractivity contribution in [1.29, 1.82) is 0 Å². The molecule has 1 aromatic carbocycles. The van der Waals surface area contributed by atoms with Crippen molar-refractivity contribution in [2.75, 3.05) is 13.7 Å². The van der Waals surface area contributed by atoms with E-state index in [0.29, 0.717) is 22.8 Å². The van der Waals surface area contributed by atoms with Gasteiger partial charge in [0.1, 0.15) is 10.8 Å². The molecule has 0 bridgehead atoms. The van der Waals surface area contributed by atoms with Gasteiger partial charge in [-0.3, -0.25) is 9.59 Å². The van der Waals surface area contributed by atoms with E-state index in [2.05, 4.69) is 9.72 Å². The molecule has 0 aliphatic carbocycles. The standard InChI is InChI=1S/C18H21FN2O3S/c1-12(2)21(8-7-17(23)24-3)16(22)10-15-11-25-18(20-15)13-5-4-6-14(19)9-13/h4-6,9,11-12H,7-8,10H2,1-3H3. The molecule has 0 radical (unpaired) electrons. The molecule has 0 N–H and O–H groups in total. The molecule has 0 aliphatic rings. The summed E-state index contributed by atoms with van der Waals surface area (Å²) in [4.78, 5) is 29.9. The van der Waals surface area contributed by atoms with Crippen LogP contribution in [0.5, 0.6) is 0 Å². The molecular formula is C18H21FN2O3S. The molecule has 134 valence electrons. The van der Waals surface area contributed by atoms with Crippen molar-refractivity contribution in [3.8, 4) is 10.6 Å². The lowest BCUT2D eigenvalue weighted by molar-refractivity contribution is -0.142. The van der Waals surface area contributed by atoms with E-state index in [0.717, 1.165) is 0 Å². The number of thiazole rings is 1. The summed E-state index contributed by atoms with van der Waals surface area (Å²) < 4.78 is 17.9. The van der Waals surface area contributed by atoms with E-state index in [1.807, 2.05) is 13.8 Å². The first-order valence-electron chi connectivity index (χ1n) is 7.97. The molecule has 0 spiro atoms. The highest BCUT2D eigenvalue weighted by atomic mass is 32.1. The van der Waals surface area contributed by atoms with Gasteiger partial charge in [-0.15, -0.1) is 11.3 Å². The van der Waals surface area contributed by atoms with E-state index in [1.54, 1.807) is 22.4 Å². The lowest BCUT2D eigenvalue weighted by Crippen LogP contribution is -2.39. The number of halogens is 1. The Kier molecular flexibility index (Phi) is 6.64. The highest BCUT2D eigenvalue weighted by Crippen LogP contribution is 2.24. The van der Waals surface area contributed by atoms with Gasteiger partial charge in [0.15, 0.2) is 0 Å². The van der Waals surface area contributed by atoms with Crippen molar-refractivity contribution in [1.82, 2.24) is 9.88 Å². The number of methoxy groups -OCH3 is 1. The van der Waals surface area contributed by atoms with Crippen LogP contribution >= 0.6 is 11.3 Å². The van der Waals surface area contributed by atoms with Crippen LogP contribution in [-0.4, -0.2) is 41.5 Å². The van der Waals surface area contributed by atoms with Gasteiger partial charge < -0.3 is 9.64 Å². The number of benzene rings is 1. The largest absolute Gasteiger partial charge is 0.469 e. The van der Waals surface area contributed by atoms with Crippen molar-refractivity contribution in [3.05, 3.63) is 41.2 Å². The van der Waals surface area contributed by atoms with Gasteiger partial charge >= 0.3 is 5.97 Å². The highest BCUT2D eigenvalue weighted by Gasteiger charge is 2.20. The molecule has 7 heteroatoms. The van der Waals surface area contributed by atoms with Gasteiger partial charge in [-0.25, -0.2) is 9.37 Å². The fourth-order valence-corrected chi connectivity index (χ4v) is 3.20. The maximum atomic E-state index is 13.3. The van der Waals surface area contributed by atoms with Crippen LogP contribution in [0.15, 0.2) is 29.6 Å². The summed E-state index contributed by atoms with van der Waals surface area (Å²) in [5.41, 5.74) is 1.33. The predicted octanol–water partition coefficient (Wildman–Crippen LogP) is 3.29. The van der Waals surface area contributed by atoms with E-state index in [9.17, 15) is 14.0 Å². The number of rotatable bonds is 7. The fourth-order valence-electron chi connectivity index (χ4n) is 2.38. The molecule has 5 nitrogen and oxygen atoms in total. The van der Waals surface area contributed by atoms with Crippen molar-refractivity contribution in [2.24, 2.45) is 0 Å². The van der Waals surface area contributed by atoms with Crippen LogP contribution in [0.4, 0.5) is 4.39 Å². The number of nitrogens with zero attached hydrogens (tertiary/aromatic N) is 2. The summed E-state index contributed by atoms with van der Waals surface area (Å²) in [7, 11) is 1.33. The van der Waals surface area contributed by atoms with Gasteiger partial charge in [0.2, 0.25) is 5.91 Å². The molecule has 0 unspecified atom stereocenters. The van der Waals surface area contributed by atoms with E-state index in [-0.39, 0.29) is 36.6 Å². The van der Waals surface area contributed by atoms with Crippen LogP contribution in [0, 0.1) is 5.82 Å². The van der Waals surface area contributed by atoms with Gasteiger partial charge in [-0.1, -0.05) is 12.1 Å². The van der Waals surface area contributed by atoms with Crippen molar-refractivity contribution < 1.29 is 18.7 Å². The molecule has 1 aromatic heterocycles. The molecular weight excluding hydrogens is 343 g/mol. The third kappa shape index (κ3) is 5.35. The Morgan fingerprint density at radius 1 is 1.36 bits per heavy atom. The average Bonchev–Trinajstić information content (AvgIpc) is 3.03. The number of hydrogen-bond acceptors (Lipinski definition) is 5. The Labute approximate surface area is 150 Å². The Morgan fingerprint density at radius 2 is 2.12 bits per heavy atom. The molecule has 2 aromatic rings.